The van der Waals surface area contributed by atoms with Crippen molar-refractivity contribution in [3.8, 4) is 0 Å². The number of nitrogen functional groups attached to an aromatic ring is 1. The van der Waals surface area contributed by atoms with Crippen molar-refractivity contribution in [2.24, 2.45) is 0 Å². The molecular formula is C21H24N8O2. The average Bonchev–Trinajstić information content (AvgIpc) is 2.79. The average molecular weight is 420 g/mol. The highest BCUT2D eigenvalue weighted by Gasteiger charge is 2.27. The van der Waals surface area contributed by atoms with Crippen LogP contribution in [-0.4, -0.2) is 51.0 Å². The monoisotopic (exact) mass is 420 g/mol. The van der Waals surface area contributed by atoms with Gasteiger partial charge < -0.3 is 16.0 Å². The number of hydrogen-bond donors (Lipinski definition) is 2. The largest absolute Gasteiger partial charge is 0.368 e. The second kappa shape index (κ2) is 8.92. The molecule has 1 atom stereocenters. The van der Waals surface area contributed by atoms with E-state index in [1.807, 2.05) is 48.2 Å². The van der Waals surface area contributed by atoms with Crippen LogP contribution in [0.4, 0.5) is 29.0 Å². The third-order valence-corrected chi connectivity index (χ3v) is 5.35. The van der Waals surface area contributed by atoms with Crippen molar-refractivity contribution in [3.05, 3.63) is 70.5 Å². The van der Waals surface area contributed by atoms with E-state index in [-0.39, 0.29) is 22.6 Å². The number of piperazine rings is 1. The number of para-hydroxylation sites is 3. The van der Waals surface area contributed by atoms with E-state index in [2.05, 4.69) is 25.2 Å². The Bertz CT molecular complexity index is 1050. The summed E-state index contributed by atoms with van der Waals surface area (Å²) in [7, 11) is 0. The molecule has 10 nitrogen and oxygen atoms in total. The molecule has 160 valence electrons. The van der Waals surface area contributed by atoms with Crippen LogP contribution in [0.5, 0.6) is 0 Å². The van der Waals surface area contributed by atoms with Crippen LogP contribution >= 0.6 is 0 Å². The molecule has 0 amide bonds. The minimum atomic E-state index is -0.334. The van der Waals surface area contributed by atoms with Gasteiger partial charge in [0.1, 0.15) is 5.69 Å². The zero-order valence-electron chi connectivity index (χ0n) is 17.2. The lowest BCUT2D eigenvalue weighted by Gasteiger charge is -2.38. The summed E-state index contributed by atoms with van der Waals surface area (Å²) in [6.07, 6.45) is 0. The number of nitrogens with two attached hydrogens (primary N) is 1. The lowest BCUT2D eigenvalue weighted by molar-refractivity contribution is -0.384. The first-order chi connectivity index (χ1) is 15.0. The van der Waals surface area contributed by atoms with Gasteiger partial charge in [-0.1, -0.05) is 30.3 Å². The lowest BCUT2D eigenvalue weighted by Crippen LogP contribution is -2.47. The predicted molar refractivity (Wildman–Crippen MR) is 119 cm³/mol. The van der Waals surface area contributed by atoms with E-state index >= 15 is 0 Å². The number of benzene rings is 2. The Morgan fingerprint density at radius 3 is 2.39 bits per heavy atom. The smallest absolute Gasteiger partial charge is 0.292 e. The van der Waals surface area contributed by atoms with Crippen molar-refractivity contribution in [3.63, 3.8) is 0 Å². The fourth-order valence-electron chi connectivity index (χ4n) is 3.70. The number of anilines is 4. The molecule has 0 bridgehead atoms. The van der Waals surface area contributed by atoms with Gasteiger partial charge >= 0.3 is 0 Å². The number of hydrogen-bond acceptors (Lipinski definition) is 9. The summed E-state index contributed by atoms with van der Waals surface area (Å²) < 4.78 is 0. The van der Waals surface area contributed by atoms with Crippen molar-refractivity contribution in [1.82, 2.24) is 19.9 Å². The molecule has 31 heavy (non-hydrogen) atoms. The van der Waals surface area contributed by atoms with Crippen LogP contribution in [-0.2, 0) is 0 Å². The molecule has 0 aliphatic carbocycles. The maximum atomic E-state index is 11.3. The maximum absolute atomic E-state index is 11.3. The molecule has 4 rings (SSSR count). The van der Waals surface area contributed by atoms with E-state index in [1.54, 1.807) is 18.2 Å². The summed E-state index contributed by atoms with van der Waals surface area (Å²) in [5.41, 5.74) is 7.58. The number of nitrogens with zero attached hydrogens (tertiary/aromatic N) is 6. The van der Waals surface area contributed by atoms with Gasteiger partial charge in [0, 0.05) is 37.9 Å². The summed E-state index contributed by atoms with van der Waals surface area (Å²) >= 11 is 0. The molecule has 0 saturated carbocycles. The van der Waals surface area contributed by atoms with Gasteiger partial charge in [-0.2, -0.15) is 15.0 Å². The Morgan fingerprint density at radius 1 is 1.00 bits per heavy atom. The van der Waals surface area contributed by atoms with E-state index in [9.17, 15) is 10.1 Å². The van der Waals surface area contributed by atoms with Crippen molar-refractivity contribution in [1.29, 1.82) is 0 Å². The Balaban J connectivity index is 1.45. The second-order valence-electron chi connectivity index (χ2n) is 7.31. The SMILES string of the molecule is C[C@H](c1nc(N)nc(Nc2ccccc2)n1)N1CCN(c2ccccc2[N+](=O)[O-])CC1. The summed E-state index contributed by atoms with van der Waals surface area (Å²) in [5, 5.41) is 14.5. The van der Waals surface area contributed by atoms with Gasteiger partial charge in [0.2, 0.25) is 11.9 Å². The topological polar surface area (TPSA) is 126 Å². The first-order valence-electron chi connectivity index (χ1n) is 10.1. The highest BCUT2D eigenvalue weighted by Crippen LogP contribution is 2.29. The molecule has 2 heterocycles. The number of aromatic nitrogens is 3. The van der Waals surface area contributed by atoms with Gasteiger partial charge in [-0.25, -0.2) is 0 Å². The Morgan fingerprint density at radius 2 is 1.68 bits per heavy atom. The molecule has 10 heteroatoms. The molecule has 1 aliphatic rings. The summed E-state index contributed by atoms with van der Waals surface area (Å²) in [5.74, 6) is 1.15. The normalized spacial score (nSPS) is 15.5. The number of nitrogens with one attached hydrogen (secondary N) is 1. The summed E-state index contributed by atoms with van der Waals surface area (Å²) in [4.78, 5) is 28.4. The van der Waals surface area contributed by atoms with E-state index < -0.39 is 0 Å². The molecular weight excluding hydrogens is 396 g/mol. The molecule has 1 fully saturated rings. The summed E-state index contributed by atoms with van der Waals surface area (Å²) in [6.45, 7) is 4.82. The Hall–Kier alpha value is -3.79. The van der Waals surface area contributed by atoms with Gasteiger partial charge in [0.25, 0.3) is 5.69 Å². The van der Waals surface area contributed by atoms with Crippen LogP contribution in [0.1, 0.15) is 18.8 Å². The van der Waals surface area contributed by atoms with Crippen molar-refractivity contribution >= 4 is 29.0 Å². The van der Waals surface area contributed by atoms with Gasteiger partial charge in [-0.3, -0.25) is 15.0 Å². The molecule has 2 aromatic carbocycles. The Kier molecular flexibility index (Phi) is 5.89. The first-order valence-corrected chi connectivity index (χ1v) is 10.1. The van der Waals surface area contributed by atoms with E-state index in [1.165, 1.54) is 0 Å². The molecule has 0 unspecified atom stereocenters. The van der Waals surface area contributed by atoms with E-state index in [0.29, 0.717) is 30.5 Å². The second-order valence-corrected chi connectivity index (χ2v) is 7.31. The van der Waals surface area contributed by atoms with E-state index in [4.69, 9.17) is 5.73 Å². The van der Waals surface area contributed by atoms with Crippen molar-refractivity contribution < 1.29 is 4.92 Å². The third kappa shape index (κ3) is 4.69. The van der Waals surface area contributed by atoms with Crippen molar-refractivity contribution in [2.75, 3.05) is 42.1 Å². The zero-order valence-corrected chi connectivity index (χ0v) is 17.2. The van der Waals surface area contributed by atoms with Crippen LogP contribution in [0, 0.1) is 10.1 Å². The number of nitro benzene ring substituents is 1. The first kappa shape index (κ1) is 20.5. The fourth-order valence-corrected chi connectivity index (χ4v) is 3.70. The van der Waals surface area contributed by atoms with E-state index in [0.717, 1.165) is 18.8 Å². The van der Waals surface area contributed by atoms with Gasteiger partial charge in [-0.15, -0.1) is 0 Å². The minimum Gasteiger partial charge on any atom is -0.368 e. The van der Waals surface area contributed by atoms with Crippen LogP contribution in [0.3, 0.4) is 0 Å². The molecule has 0 radical (unpaired) electrons. The van der Waals surface area contributed by atoms with Crippen molar-refractivity contribution in [2.45, 2.75) is 13.0 Å². The standard InChI is InChI=1S/C21H24N8O2/c1-15(19-24-20(22)26-21(25-19)23-16-7-3-2-4-8-16)27-11-13-28(14-12-27)17-9-5-6-10-18(17)29(30)31/h2-10,15H,11-14H2,1H3,(H3,22,23,24,25,26)/t15-/m1/s1. The van der Waals surface area contributed by atoms with Crippen LogP contribution < -0.4 is 16.0 Å². The molecule has 0 spiro atoms. The minimum absolute atomic E-state index is 0.0745. The molecule has 1 aliphatic heterocycles. The quantitative estimate of drug-likeness (QED) is 0.457. The van der Waals surface area contributed by atoms with Crippen LogP contribution in [0.15, 0.2) is 54.6 Å². The number of nitro groups is 1. The highest BCUT2D eigenvalue weighted by molar-refractivity contribution is 5.63. The molecule has 3 aromatic rings. The Labute approximate surface area is 179 Å². The lowest BCUT2D eigenvalue weighted by atomic mass is 10.2. The van der Waals surface area contributed by atoms with Crippen LogP contribution in [0.25, 0.3) is 0 Å². The van der Waals surface area contributed by atoms with Gasteiger partial charge in [0.05, 0.1) is 11.0 Å². The fraction of sp³-hybridized carbons (Fsp3) is 0.286. The predicted octanol–water partition coefficient (Wildman–Crippen LogP) is 2.99. The zero-order chi connectivity index (χ0) is 21.8. The molecule has 1 aromatic heterocycles. The maximum Gasteiger partial charge on any atom is 0.292 e. The van der Waals surface area contributed by atoms with Crippen LogP contribution in [0.2, 0.25) is 0 Å². The third-order valence-electron chi connectivity index (χ3n) is 5.35. The summed E-state index contributed by atoms with van der Waals surface area (Å²) in [6, 6.07) is 16.4. The molecule has 1 saturated heterocycles. The highest BCUT2D eigenvalue weighted by atomic mass is 16.6. The molecule has 3 N–H and O–H groups in total. The van der Waals surface area contributed by atoms with Gasteiger partial charge in [-0.05, 0) is 25.1 Å². The van der Waals surface area contributed by atoms with Gasteiger partial charge in [0.15, 0.2) is 5.82 Å². The number of rotatable bonds is 6.